The normalized spacial score (nSPS) is 12.3. The van der Waals surface area contributed by atoms with Gasteiger partial charge in [0.05, 0.1) is 22.9 Å². The molecule has 2 N–H and O–H groups in total. The largest absolute Gasteiger partial charge is 0.494 e. The van der Waals surface area contributed by atoms with Crippen molar-refractivity contribution in [3.05, 3.63) is 30.0 Å². The van der Waals surface area contributed by atoms with Crippen LogP contribution < -0.4 is 10.1 Å². The topological polar surface area (TPSA) is 93.0 Å². The Bertz CT molecular complexity index is 858. The van der Waals surface area contributed by atoms with E-state index in [1.807, 2.05) is 32.0 Å². The van der Waals surface area contributed by atoms with Crippen LogP contribution in [0.25, 0.3) is 11.0 Å². The highest BCUT2D eigenvalue weighted by atomic mass is 32.2. The van der Waals surface area contributed by atoms with E-state index in [-0.39, 0.29) is 11.2 Å². The number of anilines is 1. The molecule has 2 aromatic heterocycles. The van der Waals surface area contributed by atoms with Crippen molar-refractivity contribution in [1.29, 1.82) is 0 Å². The summed E-state index contributed by atoms with van der Waals surface area (Å²) >= 11 is 1.34. The minimum Gasteiger partial charge on any atom is -0.494 e. The molecular formula is C16H18N4O3S. The van der Waals surface area contributed by atoms with Crippen LogP contribution in [0.1, 0.15) is 19.6 Å². The molecule has 0 aliphatic heterocycles. The maximum absolute atomic E-state index is 12.2. The predicted molar refractivity (Wildman–Crippen MR) is 92.5 cm³/mol. The molecular weight excluding hydrogens is 328 g/mol. The molecule has 0 fully saturated rings. The van der Waals surface area contributed by atoms with Crippen LogP contribution in [0.4, 0.5) is 5.82 Å². The van der Waals surface area contributed by atoms with Gasteiger partial charge in [-0.15, -0.1) is 0 Å². The van der Waals surface area contributed by atoms with Gasteiger partial charge in [0.2, 0.25) is 5.91 Å². The summed E-state index contributed by atoms with van der Waals surface area (Å²) in [5.74, 6) is 1.69. The monoisotopic (exact) mass is 346 g/mol. The summed E-state index contributed by atoms with van der Waals surface area (Å²) in [5.41, 5.74) is 1.71. The molecule has 0 unspecified atom stereocenters. The molecule has 7 nitrogen and oxygen atoms in total. The number of nitrogens with one attached hydrogen (secondary N) is 2. The summed E-state index contributed by atoms with van der Waals surface area (Å²) in [6.45, 7) is 6.13. The first-order chi connectivity index (χ1) is 11.5. The third kappa shape index (κ3) is 3.70. The van der Waals surface area contributed by atoms with Gasteiger partial charge in [0.25, 0.3) is 0 Å². The molecule has 1 aromatic carbocycles. The number of aromatic amines is 1. The van der Waals surface area contributed by atoms with Gasteiger partial charge < -0.3 is 19.6 Å². The number of nitrogens with zero attached hydrogens (tertiary/aromatic N) is 2. The van der Waals surface area contributed by atoms with Crippen LogP contribution in [-0.2, 0) is 4.79 Å². The SMILES string of the molecule is CCOc1ccc2nc(S[C@H](C)C(=O)Nc3cc(C)on3)[nH]c2c1. The Morgan fingerprint density at radius 1 is 1.46 bits per heavy atom. The van der Waals surface area contributed by atoms with Crippen LogP contribution in [0.3, 0.4) is 0 Å². The van der Waals surface area contributed by atoms with Crippen LogP contribution in [0.15, 0.2) is 33.9 Å². The fourth-order valence-electron chi connectivity index (χ4n) is 2.15. The lowest BCUT2D eigenvalue weighted by Crippen LogP contribution is -2.22. The third-order valence-corrected chi connectivity index (χ3v) is 4.26. The number of thioether (sulfide) groups is 1. The number of H-pyrrole nitrogens is 1. The van der Waals surface area contributed by atoms with Gasteiger partial charge in [-0.3, -0.25) is 4.79 Å². The first-order valence-corrected chi connectivity index (χ1v) is 8.46. The predicted octanol–water partition coefficient (Wildman–Crippen LogP) is 3.38. The minimum absolute atomic E-state index is 0.163. The third-order valence-electron chi connectivity index (χ3n) is 3.28. The Labute approximate surface area is 143 Å². The van der Waals surface area contributed by atoms with Crippen molar-refractivity contribution in [2.24, 2.45) is 0 Å². The molecule has 3 rings (SSSR count). The van der Waals surface area contributed by atoms with E-state index in [4.69, 9.17) is 9.26 Å². The fourth-order valence-corrected chi connectivity index (χ4v) is 2.97. The van der Waals surface area contributed by atoms with Crippen LogP contribution in [-0.4, -0.2) is 32.9 Å². The van der Waals surface area contributed by atoms with Gasteiger partial charge in [0.15, 0.2) is 11.0 Å². The van der Waals surface area contributed by atoms with E-state index < -0.39 is 0 Å². The standard InChI is InChI=1S/C16H18N4O3S/c1-4-22-11-5-6-12-13(8-11)18-16(17-12)24-10(3)15(21)19-14-7-9(2)23-20-14/h5-8,10H,4H2,1-3H3,(H,17,18)(H,19,20,21)/t10-/m1/s1. The minimum atomic E-state index is -0.339. The summed E-state index contributed by atoms with van der Waals surface area (Å²) < 4.78 is 10.4. The average molecular weight is 346 g/mol. The number of fused-ring (bicyclic) bond motifs is 1. The first-order valence-electron chi connectivity index (χ1n) is 7.58. The number of rotatable bonds is 6. The number of aryl methyl sites for hydroxylation is 1. The maximum Gasteiger partial charge on any atom is 0.238 e. The van der Waals surface area contributed by atoms with Gasteiger partial charge >= 0.3 is 0 Å². The number of hydrogen-bond acceptors (Lipinski definition) is 6. The zero-order chi connectivity index (χ0) is 17.1. The second kappa shape index (κ2) is 6.96. The lowest BCUT2D eigenvalue weighted by atomic mass is 10.3. The fraction of sp³-hybridized carbons (Fsp3) is 0.312. The van der Waals surface area contributed by atoms with Crippen molar-refractivity contribution in [2.75, 3.05) is 11.9 Å². The molecule has 0 spiro atoms. The van der Waals surface area contributed by atoms with Crippen molar-refractivity contribution >= 4 is 34.5 Å². The van der Waals surface area contributed by atoms with Crippen LogP contribution in [0.5, 0.6) is 5.75 Å². The Hall–Kier alpha value is -2.48. The average Bonchev–Trinajstić information content (AvgIpc) is 3.12. The molecule has 1 amide bonds. The zero-order valence-corrected chi connectivity index (χ0v) is 14.4. The maximum atomic E-state index is 12.2. The molecule has 0 aliphatic rings. The van der Waals surface area contributed by atoms with Crippen molar-refractivity contribution in [1.82, 2.24) is 15.1 Å². The van der Waals surface area contributed by atoms with Crippen molar-refractivity contribution in [3.8, 4) is 5.75 Å². The molecule has 0 bridgehead atoms. The Morgan fingerprint density at radius 2 is 2.29 bits per heavy atom. The van der Waals surface area contributed by atoms with Crippen LogP contribution in [0, 0.1) is 6.92 Å². The van der Waals surface area contributed by atoms with E-state index in [1.165, 1.54) is 11.8 Å². The van der Waals surface area contributed by atoms with E-state index in [0.717, 1.165) is 16.8 Å². The van der Waals surface area contributed by atoms with E-state index in [0.29, 0.717) is 23.3 Å². The number of amides is 1. The number of carbonyl (C=O) groups excluding carboxylic acids is 1. The van der Waals surface area contributed by atoms with Crippen molar-refractivity contribution in [2.45, 2.75) is 31.2 Å². The molecule has 0 radical (unpaired) electrons. The highest BCUT2D eigenvalue weighted by Gasteiger charge is 2.18. The van der Waals surface area contributed by atoms with Crippen molar-refractivity contribution in [3.63, 3.8) is 0 Å². The van der Waals surface area contributed by atoms with Gasteiger partial charge in [0.1, 0.15) is 11.5 Å². The van der Waals surface area contributed by atoms with Gasteiger partial charge in [0, 0.05) is 12.1 Å². The number of hydrogen-bond donors (Lipinski definition) is 2. The molecule has 24 heavy (non-hydrogen) atoms. The smallest absolute Gasteiger partial charge is 0.238 e. The Morgan fingerprint density at radius 3 is 3.00 bits per heavy atom. The van der Waals surface area contributed by atoms with Crippen LogP contribution in [0.2, 0.25) is 0 Å². The summed E-state index contributed by atoms with van der Waals surface area (Å²) in [6, 6.07) is 7.35. The Balaban J connectivity index is 1.68. The van der Waals surface area contributed by atoms with Gasteiger partial charge in [-0.1, -0.05) is 16.9 Å². The molecule has 3 aromatic rings. The molecule has 8 heteroatoms. The highest BCUT2D eigenvalue weighted by Crippen LogP contribution is 2.26. The number of benzene rings is 1. The molecule has 1 atom stereocenters. The molecule has 126 valence electrons. The molecule has 2 heterocycles. The van der Waals surface area contributed by atoms with Gasteiger partial charge in [-0.25, -0.2) is 4.98 Å². The number of aromatic nitrogens is 3. The highest BCUT2D eigenvalue weighted by molar-refractivity contribution is 8.00. The number of ether oxygens (including phenoxy) is 1. The second-order valence-corrected chi connectivity index (χ2v) is 6.56. The molecule has 0 saturated heterocycles. The summed E-state index contributed by atoms with van der Waals surface area (Å²) in [6.07, 6.45) is 0. The van der Waals surface area contributed by atoms with Gasteiger partial charge in [-0.2, -0.15) is 0 Å². The van der Waals surface area contributed by atoms with Crippen molar-refractivity contribution < 1.29 is 14.1 Å². The molecule has 0 aliphatic carbocycles. The quantitative estimate of drug-likeness (QED) is 0.665. The first kappa shape index (κ1) is 16.4. The summed E-state index contributed by atoms with van der Waals surface area (Å²) in [4.78, 5) is 19.9. The lowest BCUT2D eigenvalue weighted by Gasteiger charge is -2.07. The van der Waals surface area contributed by atoms with E-state index in [1.54, 1.807) is 13.0 Å². The van der Waals surface area contributed by atoms with Gasteiger partial charge in [-0.05, 0) is 32.9 Å². The lowest BCUT2D eigenvalue weighted by molar-refractivity contribution is -0.115. The zero-order valence-electron chi connectivity index (χ0n) is 13.6. The Kier molecular flexibility index (Phi) is 4.75. The molecule has 0 saturated carbocycles. The second-order valence-electron chi connectivity index (χ2n) is 5.23. The number of imidazole rings is 1. The van der Waals surface area contributed by atoms with Crippen LogP contribution >= 0.6 is 11.8 Å². The summed E-state index contributed by atoms with van der Waals surface area (Å²) in [7, 11) is 0. The summed E-state index contributed by atoms with van der Waals surface area (Å²) in [5, 5.41) is 6.81. The van der Waals surface area contributed by atoms with E-state index in [2.05, 4.69) is 20.4 Å². The number of carbonyl (C=O) groups is 1. The van der Waals surface area contributed by atoms with E-state index >= 15 is 0 Å². The van der Waals surface area contributed by atoms with E-state index in [9.17, 15) is 4.79 Å².